The van der Waals surface area contributed by atoms with Gasteiger partial charge in [0.15, 0.2) is 0 Å². The van der Waals surface area contributed by atoms with Gasteiger partial charge in [-0.1, -0.05) is 38.1 Å². The molecule has 0 aromatic heterocycles. The summed E-state index contributed by atoms with van der Waals surface area (Å²) in [5, 5.41) is 2.73. The van der Waals surface area contributed by atoms with Gasteiger partial charge in [-0.15, -0.1) is 0 Å². The van der Waals surface area contributed by atoms with Gasteiger partial charge in [0.25, 0.3) is 0 Å². The SMILES string of the molecule is CCOC(=O)NCCC1(C)c2ccccc2C(C)(C)CS1=O. The summed E-state index contributed by atoms with van der Waals surface area (Å²) in [6, 6.07) is 8.22. The van der Waals surface area contributed by atoms with Crippen LogP contribution in [0.2, 0.25) is 0 Å². The molecule has 1 N–H and O–H groups in total. The van der Waals surface area contributed by atoms with Crippen LogP contribution in [-0.4, -0.2) is 29.2 Å². The summed E-state index contributed by atoms with van der Waals surface area (Å²) >= 11 is 0. The molecule has 0 saturated carbocycles. The number of nitrogens with one attached hydrogen (secondary N) is 1. The molecule has 0 aliphatic carbocycles. The van der Waals surface area contributed by atoms with Crippen LogP contribution in [0.5, 0.6) is 0 Å². The minimum atomic E-state index is -0.985. The highest BCUT2D eigenvalue weighted by atomic mass is 32.2. The first-order chi connectivity index (χ1) is 10.3. The maximum atomic E-state index is 12.9. The summed E-state index contributed by atoms with van der Waals surface area (Å²) in [7, 11) is -0.985. The molecule has 0 spiro atoms. The number of hydrogen-bond acceptors (Lipinski definition) is 3. The standard InChI is InChI=1S/C17H25NO3S/c1-5-21-15(19)18-11-10-17(4)14-9-7-6-8-13(14)16(2,3)12-22(17)20/h6-9H,5,10-12H2,1-4H3,(H,18,19). The van der Waals surface area contributed by atoms with Crippen molar-refractivity contribution in [2.45, 2.75) is 44.3 Å². The fraction of sp³-hybridized carbons (Fsp3) is 0.588. The quantitative estimate of drug-likeness (QED) is 0.926. The summed E-state index contributed by atoms with van der Waals surface area (Å²) in [4.78, 5) is 11.4. The lowest BCUT2D eigenvalue weighted by Gasteiger charge is -2.42. The second kappa shape index (κ2) is 6.41. The molecule has 0 bridgehead atoms. The van der Waals surface area contributed by atoms with Crippen LogP contribution in [0.4, 0.5) is 4.79 Å². The molecule has 0 saturated heterocycles. The van der Waals surface area contributed by atoms with Gasteiger partial charge in [0.2, 0.25) is 0 Å². The monoisotopic (exact) mass is 323 g/mol. The average Bonchev–Trinajstić information content (AvgIpc) is 2.45. The lowest BCUT2D eigenvalue weighted by atomic mass is 9.78. The fourth-order valence-corrected chi connectivity index (χ4v) is 4.94. The van der Waals surface area contributed by atoms with Gasteiger partial charge in [0, 0.05) is 28.5 Å². The minimum absolute atomic E-state index is 0.0878. The zero-order chi connectivity index (χ0) is 16.4. The first kappa shape index (κ1) is 17.0. The van der Waals surface area contributed by atoms with Gasteiger partial charge in [-0.05, 0) is 31.4 Å². The summed E-state index contributed by atoms with van der Waals surface area (Å²) in [6.45, 7) is 8.89. The van der Waals surface area contributed by atoms with E-state index >= 15 is 0 Å². The molecule has 1 heterocycles. The molecule has 2 atom stereocenters. The van der Waals surface area contributed by atoms with Gasteiger partial charge in [0.05, 0.1) is 11.4 Å². The van der Waals surface area contributed by atoms with Crippen LogP contribution in [0, 0.1) is 0 Å². The van der Waals surface area contributed by atoms with Crippen LogP contribution in [0.3, 0.4) is 0 Å². The number of carbonyl (C=O) groups excluding carboxylic acids is 1. The van der Waals surface area contributed by atoms with Crippen LogP contribution in [-0.2, 0) is 25.7 Å². The highest BCUT2D eigenvalue weighted by Crippen LogP contribution is 2.44. The second-order valence-corrected chi connectivity index (χ2v) is 8.43. The first-order valence-corrected chi connectivity index (χ1v) is 9.02. The van der Waals surface area contributed by atoms with Gasteiger partial charge in [-0.2, -0.15) is 0 Å². The Labute approximate surface area is 135 Å². The van der Waals surface area contributed by atoms with E-state index in [1.54, 1.807) is 6.92 Å². The van der Waals surface area contributed by atoms with Gasteiger partial charge >= 0.3 is 6.09 Å². The van der Waals surface area contributed by atoms with Crippen LogP contribution < -0.4 is 5.32 Å². The summed E-state index contributed by atoms with van der Waals surface area (Å²) in [5.74, 6) is 0.639. The Hall–Kier alpha value is -1.36. The third-order valence-electron chi connectivity index (χ3n) is 4.37. The number of benzene rings is 1. The first-order valence-electron chi connectivity index (χ1n) is 7.70. The Bertz CT molecular complexity index is 585. The highest BCUT2D eigenvalue weighted by molar-refractivity contribution is 7.86. The van der Waals surface area contributed by atoms with Crippen molar-refractivity contribution >= 4 is 16.9 Å². The molecule has 4 nitrogen and oxygen atoms in total. The minimum Gasteiger partial charge on any atom is -0.450 e. The van der Waals surface area contributed by atoms with Crippen molar-refractivity contribution in [3.05, 3.63) is 35.4 Å². The molecule has 1 amide bonds. The predicted molar refractivity (Wildman–Crippen MR) is 89.5 cm³/mol. The maximum absolute atomic E-state index is 12.9. The molecule has 5 heteroatoms. The van der Waals surface area contributed by atoms with Crippen molar-refractivity contribution in [1.29, 1.82) is 0 Å². The Morgan fingerprint density at radius 1 is 1.27 bits per heavy atom. The molecular formula is C17H25NO3S. The number of alkyl carbamates (subject to hydrolysis) is 1. The van der Waals surface area contributed by atoms with Gasteiger partial charge in [0.1, 0.15) is 0 Å². The van der Waals surface area contributed by atoms with E-state index in [0.717, 1.165) is 5.56 Å². The second-order valence-electron chi connectivity index (χ2n) is 6.55. The smallest absolute Gasteiger partial charge is 0.407 e. The summed E-state index contributed by atoms with van der Waals surface area (Å²) in [5.41, 5.74) is 2.30. The van der Waals surface area contributed by atoms with Crippen molar-refractivity contribution in [2.24, 2.45) is 0 Å². The van der Waals surface area contributed by atoms with Crippen LogP contribution in [0.1, 0.15) is 45.2 Å². The van der Waals surface area contributed by atoms with Crippen molar-refractivity contribution < 1.29 is 13.7 Å². The van der Waals surface area contributed by atoms with Crippen molar-refractivity contribution in [3.8, 4) is 0 Å². The number of amides is 1. The Kier molecular flexibility index (Phi) is 4.95. The molecule has 22 heavy (non-hydrogen) atoms. The van der Waals surface area contributed by atoms with Crippen molar-refractivity contribution in [2.75, 3.05) is 18.9 Å². The molecule has 1 aliphatic rings. The summed E-state index contributed by atoms with van der Waals surface area (Å²) < 4.78 is 17.3. The van der Waals surface area contributed by atoms with Gasteiger partial charge in [-0.25, -0.2) is 4.79 Å². The molecule has 0 radical (unpaired) electrons. The lowest BCUT2D eigenvalue weighted by Crippen LogP contribution is -2.45. The molecule has 2 rings (SSSR count). The molecule has 122 valence electrons. The highest BCUT2D eigenvalue weighted by Gasteiger charge is 2.44. The van der Waals surface area contributed by atoms with Gasteiger partial charge in [-0.3, -0.25) is 4.21 Å². The largest absolute Gasteiger partial charge is 0.450 e. The van der Waals surface area contributed by atoms with E-state index in [2.05, 4.69) is 31.3 Å². The Balaban J connectivity index is 2.22. The van der Waals surface area contributed by atoms with Crippen molar-refractivity contribution in [1.82, 2.24) is 5.32 Å². The Morgan fingerprint density at radius 3 is 2.55 bits per heavy atom. The topological polar surface area (TPSA) is 55.4 Å². The zero-order valence-electron chi connectivity index (χ0n) is 13.8. The lowest BCUT2D eigenvalue weighted by molar-refractivity contribution is 0.152. The van der Waals surface area contributed by atoms with E-state index in [-0.39, 0.29) is 5.41 Å². The molecular weight excluding hydrogens is 298 g/mol. The van der Waals surface area contributed by atoms with E-state index in [0.29, 0.717) is 25.3 Å². The van der Waals surface area contributed by atoms with Crippen LogP contribution >= 0.6 is 0 Å². The van der Waals surface area contributed by atoms with E-state index in [9.17, 15) is 9.00 Å². The van der Waals surface area contributed by atoms with E-state index < -0.39 is 21.6 Å². The van der Waals surface area contributed by atoms with Crippen LogP contribution in [0.15, 0.2) is 24.3 Å². The number of carbonyl (C=O) groups is 1. The average molecular weight is 323 g/mol. The van der Waals surface area contributed by atoms with Crippen LogP contribution in [0.25, 0.3) is 0 Å². The normalized spacial score (nSPS) is 26.1. The van der Waals surface area contributed by atoms with E-state index in [1.807, 2.05) is 19.1 Å². The Morgan fingerprint density at radius 2 is 1.91 bits per heavy atom. The third-order valence-corrected chi connectivity index (χ3v) is 6.78. The number of hydrogen-bond donors (Lipinski definition) is 1. The number of fused-ring (bicyclic) bond motifs is 1. The third kappa shape index (κ3) is 3.19. The van der Waals surface area contributed by atoms with Crippen molar-refractivity contribution in [3.63, 3.8) is 0 Å². The van der Waals surface area contributed by atoms with E-state index in [1.165, 1.54) is 5.56 Å². The molecule has 0 fully saturated rings. The summed E-state index contributed by atoms with van der Waals surface area (Å²) in [6.07, 6.45) is 0.215. The molecule has 1 aliphatic heterocycles. The zero-order valence-corrected chi connectivity index (χ0v) is 14.6. The maximum Gasteiger partial charge on any atom is 0.407 e. The number of rotatable bonds is 4. The van der Waals surface area contributed by atoms with E-state index in [4.69, 9.17) is 4.74 Å². The number of ether oxygens (including phenoxy) is 1. The van der Waals surface area contributed by atoms with Gasteiger partial charge < -0.3 is 10.1 Å². The fourth-order valence-electron chi connectivity index (χ4n) is 3.06. The predicted octanol–water partition coefficient (Wildman–Crippen LogP) is 3.08. The molecule has 1 aromatic rings. The molecule has 2 unspecified atom stereocenters. The molecule has 1 aromatic carbocycles.